The molecule has 3 N–H and O–H groups in total. The molecule has 0 bridgehead atoms. The first-order valence-electron chi connectivity index (χ1n) is 7.70. The Balaban J connectivity index is 1.96. The molecule has 1 heterocycles. The topological polar surface area (TPSA) is 73.3 Å². The fourth-order valence-electron chi connectivity index (χ4n) is 2.80. The summed E-state index contributed by atoms with van der Waals surface area (Å²) < 4.78 is 7.40. The van der Waals surface area contributed by atoms with Crippen molar-refractivity contribution < 1.29 is 9.84 Å². The minimum absolute atomic E-state index is 0.197. The maximum absolute atomic E-state index is 8.95. The molecule has 0 fully saturated rings. The van der Waals surface area contributed by atoms with Crippen LogP contribution in [0.25, 0.3) is 11.0 Å². The Morgan fingerprint density at radius 1 is 1.22 bits per heavy atom. The number of methoxy groups -OCH3 is 1. The number of hydrogen-bond donors (Lipinski definition) is 2. The molecule has 5 nitrogen and oxygen atoms in total. The van der Waals surface area contributed by atoms with Crippen LogP contribution in [0.15, 0.2) is 42.5 Å². The summed E-state index contributed by atoms with van der Waals surface area (Å²) in [7, 11) is 1.67. The van der Waals surface area contributed by atoms with Gasteiger partial charge < -0.3 is 20.1 Å². The average molecular weight is 311 g/mol. The Morgan fingerprint density at radius 3 is 2.83 bits per heavy atom. The number of fused-ring (bicyclic) bond motifs is 1. The first kappa shape index (κ1) is 15.4. The van der Waals surface area contributed by atoms with Gasteiger partial charge in [-0.2, -0.15) is 0 Å². The van der Waals surface area contributed by atoms with Crippen LogP contribution in [0, 0.1) is 0 Å². The summed E-state index contributed by atoms with van der Waals surface area (Å²) in [6.07, 6.45) is 1.59. The number of nitrogens with two attached hydrogens (primary N) is 1. The van der Waals surface area contributed by atoms with E-state index in [4.69, 9.17) is 15.6 Å². The summed E-state index contributed by atoms with van der Waals surface area (Å²) >= 11 is 0. The maximum Gasteiger partial charge on any atom is 0.201 e. The number of anilines is 1. The zero-order chi connectivity index (χ0) is 16.2. The molecule has 0 atom stereocenters. The minimum atomic E-state index is 0.197. The Bertz CT molecular complexity index is 811. The Hall–Kier alpha value is -2.53. The number of para-hydroxylation sites is 1. The highest BCUT2D eigenvalue weighted by Crippen LogP contribution is 2.24. The van der Waals surface area contributed by atoms with E-state index in [1.165, 1.54) is 0 Å². The number of nitrogen functional groups attached to an aromatic ring is 1. The van der Waals surface area contributed by atoms with Crippen molar-refractivity contribution in [1.29, 1.82) is 0 Å². The fourth-order valence-corrected chi connectivity index (χ4v) is 2.80. The Kier molecular flexibility index (Phi) is 4.48. The van der Waals surface area contributed by atoms with Crippen molar-refractivity contribution in [3.63, 3.8) is 0 Å². The third-order valence-electron chi connectivity index (χ3n) is 3.99. The molecule has 23 heavy (non-hydrogen) atoms. The van der Waals surface area contributed by atoms with Crippen molar-refractivity contribution in [1.82, 2.24) is 9.55 Å². The van der Waals surface area contributed by atoms with Gasteiger partial charge in [0.1, 0.15) is 5.75 Å². The standard InChI is InChI=1S/C18H21N3O2/c1-23-17-7-3-2-6-14(17)12-21-16-9-8-13(5-4-10-22)11-15(16)20-18(21)19/h2-3,6-9,11,22H,4-5,10,12H2,1H3,(H2,19,20). The number of hydrogen-bond acceptors (Lipinski definition) is 4. The number of imidazole rings is 1. The van der Waals surface area contributed by atoms with Gasteiger partial charge in [0.25, 0.3) is 0 Å². The van der Waals surface area contributed by atoms with Gasteiger partial charge in [0.05, 0.1) is 24.7 Å². The minimum Gasteiger partial charge on any atom is -0.496 e. The maximum atomic E-state index is 8.95. The van der Waals surface area contributed by atoms with Crippen molar-refractivity contribution in [2.45, 2.75) is 19.4 Å². The predicted molar refractivity (Wildman–Crippen MR) is 91.6 cm³/mol. The second kappa shape index (κ2) is 6.71. The molecular formula is C18H21N3O2. The number of benzene rings is 2. The quantitative estimate of drug-likeness (QED) is 0.734. The van der Waals surface area contributed by atoms with Crippen LogP contribution >= 0.6 is 0 Å². The highest BCUT2D eigenvalue weighted by Gasteiger charge is 2.11. The summed E-state index contributed by atoms with van der Waals surface area (Å²) in [5, 5.41) is 8.95. The molecule has 0 aliphatic carbocycles. The van der Waals surface area contributed by atoms with Crippen LogP contribution in [-0.2, 0) is 13.0 Å². The first-order valence-corrected chi connectivity index (χ1v) is 7.70. The van der Waals surface area contributed by atoms with Crippen LogP contribution in [0.5, 0.6) is 5.75 Å². The molecule has 2 aromatic carbocycles. The predicted octanol–water partition coefficient (Wildman–Crippen LogP) is 2.60. The number of ether oxygens (including phenoxy) is 1. The molecule has 5 heteroatoms. The molecule has 0 saturated carbocycles. The molecule has 0 aliphatic heterocycles. The van der Waals surface area contributed by atoms with Gasteiger partial charge in [0.15, 0.2) is 0 Å². The van der Waals surface area contributed by atoms with Crippen molar-refractivity contribution >= 4 is 17.0 Å². The van der Waals surface area contributed by atoms with E-state index in [0.717, 1.165) is 40.8 Å². The Morgan fingerprint density at radius 2 is 2.04 bits per heavy atom. The SMILES string of the molecule is COc1ccccc1Cn1c(N)nc2cc(CCCO)ccc21. The van der Waals surface area contributed by atoms with Crippen molar-refractivity contribution in [3.05, 3.63) is 53.6 Å². The van der Waals surface area contributed by atoms with E-state index in [-0.39, 0.29) is 6.61 Å². The number of aryl methyl sites for hydroxylation is 1. The molecule has 0 radical (unpaired) electrons. The smallest absolute Gasteiger partial charge is 0.201 e. The number of aromatic nitrogens is 2. The summed E-state index contributed by atoms with van der Waals surface area (Å²) in [5.41, 5.74) is 10.2. The third kappa shape index (κ3) is 3.14. The lowest BCUT2D eigenvalue weighted by molar-refractivity contribution is 0.288. The monoisotopic (exact) mass is 311 g/mol. The summed E-state index contributed by atoms with van der Waals surface area (Å²) in [5.74, 6) is 1.33. The van der Waals surface area contributed by atoms with Crippen LogP contribution in [0.2, 0.25) is 0 Å². The van der Waals surface area contributed by atoms with Gasteiger partial charge in [-0.15, -0.1) is 0 Å². The second-order valence-corrected chi connectivity index (χ2v) is 5.52. The third-order valence-corrected chi connectivity index (χ3v) is 3.99. The van der Waals surface area contributed by atoms with Gasteiger partial charge >= 0.3 is 0 Å². The van der Waals surface area contributed by atoms with Crippen LogP contribution in [0.4, 0.5) is 5.95 Å². The summed E-state index contributed by atoms with van der Waals surface area (Å²) in [6, 6.07) is 14.1. The molecule has 1 aromatic heterocycles. The summed E-state index contributed by atoms with van der Waals surface area (Å²) in [4.78, 5) is 4.47. The highest BCUT2D eigenvalue weighted by molar-refractivity contribution is 5.79. The lowest BCUT2D eigenvalue weighted by Crippen LogP contribution is -2.05. The van der Waals surface area contributed by atoms with Crippen LogP contribution < -0.4 is 10.5 Å². The lowest BCUT2D eigenvalue weighted by Gasteiger charge is -2.11. The van der Waals surface area contributed by atoms with E-state index < -0.39 is 0 Å². The number of aliphatic hydroxyl groups excluding tert-OH is 1. The number of nitrogens with zero attached hydrogens (tertiary/aromatic N) is 2. The zero-order valence-corrected chi connectivity index (χ0v) is 13.2. The molecule has 0 unspecified atom stereocenters. The van der Waals surface area contributed by atoms with E-state index in [0.29, 0.717) is 12.5 Å². The van der Waals surface area contributed by atoms with Crippen molar-refractivity contribution in [2.24, 2.45) is 0 Å². The second-order valence-electron chi connectivity index (χ2n) is 5.52. The van der Waals surface area contributed by atoms with E-state index in [9.17, 15) is 0 Å². The van der Waals surface area contributed by atoms with E-state index in [1.807, 2.05) is 41.0 Å². The van der Waals surface area contributed by atoms with Crippen molar-refractivity contribution in [3.8, 4) is 5.75 Å². The number of aliphatic hydroxyl groups is 1. The van der Waals surface area contributed by atoms with Crippen LogP contribution in [0.1, 0.15) is 17.5 Å². The average Bonchev–Trinajstić information content (AvgIpc) is 2.88. The highest BCUT2D eigenvalue weighted by atomic mass is 16.5. The zero-order valence-electron chi connectivity index (χ0n) is 13.2. The fraction of sp³-hybridized carbons (Fsp3) is 0.278. The first-order chi connectivity index (χ1) is 11.2. The van der Waals surface area contributed by atoms with Crippen molar-refractivity contribution in [2.75, 3.05) is 19.5 Å². The molecule has 0 aliphatic rings. The number of rotatable bonds is 6. The van der Waals surface area contributed by atoms with Gasteiger partial charge in [-0.1, -0.05) is 24.3 Å². The Labute approximate surface area is 135 Å². The van der Waals surface area contributed by atoms with Gasteiger partial charge in [0.2, 0.25) is 5.95 Å². The molecule has 0 amide bonds. The normalized spacial score (nSPS) is 11.0. The van der Waals surface area contributed by atoms with E-state index >= 15 is 0 Å². The summed E-state index contributed by atoms with van der Waals surface area (Å²) in [6.45, 7) is 0.810. The van der Waals surface area contributed by atoms with E-state index in [1.54, 1.807) is 7.11 Å². The van der Waals surface area contributed by atoms with Gasteiger partial charge in [-0.05, 0) is 36.6 Å². The van der Waals surface area contributed by atoms with Gasteiger partial charge in [-0.3, -0.25) is 0 Å². The lowest BCUT2D eigenvalue weighted by atomic mass is 10.1. The molecule has 0 spiro atoms. The van der Waals surface area contributed by atoms with Gasteiger partial charge in [-0.25, -0.2) is 4.98 Å². The molecular weight excluding hydrogens is 290 g/mol. The van der Waals surface area contributed by atoms with E-state index in [2.05, 4.69) is 11.1 Å². The van der Waals surface area contributed by atoms with Crippen LogP contribution in [0.3, 0.4) is 0 Å². The molecule has 0 saturated heterocycles. The van der Waals surface area contributed by atoms with Gasteiger partial charge in [0, 0.05) is 12.2 Å². The molecule has 120 valence electrons. The largest absolute Gasteiger partial charge is 0.496 e. The molecule has 3 aromatic rings. The van der Waals surface area contributed by atoms with Crippen LogP contribution in [-0.4, -0.2) is 28.4 Å². The molecule has 3 rings (SSSR count).